The van der Waals surface area contributed by atoms with E-state index in [1.807, 2.05) is 0 Å². The molecule has 0 aliphatic heterocycles. The van der Waals surface area contributed by atoms with E-state index in [0.717, 1.165) is 0 Å². The maximum absolute atomic E-state index is 5.04. The van der Waals surface area contributed by atoms with Gasteiger partial charge in [-0.3, -0.25) is 0 Å². The molecule has 0 heterocycles. The Kier molecular flexibility index (Phi) is 8.60. The predicted molar refractivity (Wildman–Crippen MR) is 24.5 cm³/mol. The summed E-state index contributed by atoms with van der Waals surface area (Å²) < 4.78 is 0. The van der Waals surface area contributed by atoms with Crippen LogP contribution in [0, 0.1) is 0 Å². The van der Waals surface area contributed by atoms with E-state index in [1.165, 1.54) is 0 Å². The Morgan fingerprint density at radius 1 is 1.00 bits per heavy atom. The average molecular weight is 241 g/mol. The molecule has 6 heteroatoms. The molecule has 0 rings (SSSR count). The van der Waals surface area contributed by atoms with Crippen molar-refractivity contribution in [2.75, 3.05) is 0 Å². The van der Waals surface area contributed by atoms with Gasteiger partial charge in [-0.05, 0) is 0 Å². The zero-order valence-corrected chi connectivity index (χ0v) is 8.49. The molecule has 0 nitrogen and oxygen atoms in total. The van der Waals surface area contributed by atoms with Crippen molar-refractivity contribution in [2.24, 2.45) is 0 Å². The number of hydrogen-bond donors (Lipinski definition) is 0. The predicted octanol–water partition coefficient (Wildman–Crippen LogP) is -0.128. The van der Waals surface area contributed by atoms with Crippen molar-refractivity contribution in [3.05, 3.63) is 0 Å². The second kappa shape index (κ2) is 4.51. The molecule has 0 atom stereocenters. The Morgan fingerprint density at radius 3 is 1.00 bits per heavy atom. The topological polar surface area (TPSA) is 0 Å². The minimum Gasteiger partial charge on any atom is -1.00 e. The summed E-state index contributed by atoms with van der Waals surface area (Å²) in [6.07, 6.45) is 0. The van der Waals surface area contributed by atoms with Crippen molar-refractivity contribution in [2.45, 2.75) is 0 Å². The standard InChI is InChI=1S/4ClH.Li.Zr.H/h4*1H;;;/q;;;;+1;+4;-1/p-4. The summed E-state index contributed by atoms with van der Waals surface area (Å²) in [4.78, 5) is 0. The molecule has 0 aliphatic carbocycles. The zero-order chi connectivity index (χ0) is 4.50. The fraction of sp³-hybridized carbons (Fsp3) is 0. The van der Waals surface area contributed by atoms with Gasteiger partial charge in [-0.15, -0.1) is 0 Å². The molecule has 0 spiro atoms. The zero-order valence-electron chi connectivity index (χ0n) is 4.01. The van der Waals surface area contributed by atoms with Crippen LogP contribution in [-0.4, -0.2) is 0 Å². The van der Waals surface area contributed by atoms with Crippen molar-refractivity contribution in [1.29, 1.82) is 0 Å². The van der Waals surface area contributed by atoms with Crippen LogP contribution in [0.1, 0.15) is 1.43 Å². The Labute approximate surface area is 68.7 Å². The van der Waals surface area contributed by atoms with Gasteiger partial charge < -0.3 is 1.43 Å². The molecule has 0 N–H and O–H groups in total. The third kappa shape index (κ3) is 30.3. The van der Waals surface area contributed by atoms with Crippen molar-refractivity contribution in [3.8, 4) is 0 Å². The summed E-state index contributed by atoms with van der Waals surface area (Å²) >= 11 is -3.29. The van der Waals surface area contributed by atoms with Crippen LogP contribution < -0.4 is 18.9 Å². The van der Waals surface area contributed by atoms with Crippen LogP contribution in [-0.2, 0) is 15.5 Å². The Bertz CT molecular complexity index is 27.2. The molecule has 0 amide bonds. The molecule has 0 radical (unpaired) electrons. The van der Waals surface area contributed by atoms with Crippen LogP contribution in [0.4, 0.5) is 0 Å². The van der Waals surface area contributed by atoms with Crippen LogP contribution in [0.3, 0.4) is 0 Å². The summed E-state index contributed by atoms with van der Waals surface area (Å²) in [5.74, 6) is 0. The Hall–Kier alpha value is 2.64. The van der Waals surface area contributed by atoms with Gasteiger partial charge in [-0.2, -0.15) is 0 Å². The molecular formula is HCl4LiZr. The molecule has 0 saturated carbocycles. The fourth-order valence-corrected chi connectivity index (χ4v) is 0. The molecule has 0 unspecified atom stereocenters. The van der Waals surface area contributed by atoms with E-state index in [4.69, 9.17) is 34.1 Å². The molecular weight excluding hydrogens is 240 g/mol. The molecule has 6 heavy (non-hydrogen) atoms. The van der Waals surface area contributed by atoms with Gasteiger partial charge in [-0.1, -0.05) is 0 Å². The minimum atomic E-state index is -3.29. The molecule has 0 aliphatic rings. The SMILES string of the molecule is [Cl][Zr]([Cl])([Cl])[Cl].[H-].[Li+]. The van der Waals surface area contributed by atoms with E-state index < -0.39 is 15.5 Å². The third-order valence-corrected chi connectivity index (χ3v) is 0. The van der Waals surface area contributed by atoms with E-state index in [0.29, 0.717) is 0 Å². The van der Waals surface area contributed by atoms with Gasteiger partial charge >= 0.3 is 68.4 Å². The Morgan fingerprint density at radius 2 is 1.00 bits per heavy atom. The molecule has 34 valence electrons. The van der Waals surface area contributed by atoms with Crippen LogP contribution >= 0.6 is 34.1 Å². The van der Waals surface area contributed by atoms with Gasteiger partial charge in [0.15, 0.2) is 0 Å². The summed E-state index contributed by atoms with van der Waals surface area (Å²) in [7, 11) is 20.1. The third-order valence-electron chi connectivity index (χ3n) is 0. The van der Waals surface area contributed by atoms with Gasteiger partial charge in [0.1, 0.15) is 0 Å². The Balaban J connectivity index is -0.0000000800. The number of hydrogen-bond acceptors (Lipinski definition) is 0. The second-order valence-corrected chi connectivity index (χ2v) is 22.8. The van der Waals surface area contributed by atoms with Crippen molar-refractivity contribution >= 4 is 34.1 Å². The van der Waals surface area contributed by atoms with Crippen molar-refractivity contribution in [1.82, 2.24) is 0 Å². The van der Waals surface area contributed by atoms with E-state index in [-0.39, 0.29) is 20.3 Å². The van der Waals surface area contributed by atoms with Gasteiger partial charge in [0, 0.05) is 0 Å². The monoisotopic (exact) mass is 238 g/mol. The number of rotatable bonds is 0. The van der Waals surface area contributed by atoms with Gasteiger partial charge in [0.05, 0.1) is 0 Å². The quantitative estimate of drug-likeness (QED) is 0.518. The van der Waals surface area contributed by atoms with E-state index in [2.05, 4.69) is 0 Å². The molecule has 0 aromatic heterocycles. The molecule has 0 fully saturated rings. The fourth-order valence-electron chi connectivity index (χ4n) is 0. The molecule has 0 saturated heterocycles. The maximum atomic E-state index is 5.04. The maximum Gasteiger partial charge on any atom is 1.00 e. The first-order valence-electron chi connectivity index (χ1n) is 0.756. The molecule has 0 bridgehead atoms. The summed E-state index contributed by atoms with van der Waals surface area (Å²) in [6, 6.07) is 0. The summed E-state index contributed by atoms with van der Waals surface area (Å²) in [5.41, 5.74) is 0. The van der Waals surface area contributed by atoms with E-state index in [9.17, 15) is 0 Å². The van der Waals surface area contributed by atoms with Gasteiger partial charge in [0.25, 0.3) is 0 Å². The molecule has 0 aromatic rings. The normalized spacial score (nSPS) is 10.0. The first-order valence-corrected chi connectivity index (χ1v) is 13.4. The largest absolute Gasteiger partial charge is 1.00 e. The van der Waals surface area contributed by atoms with Gasteiger partial charge in [-0.25, -0.2) is 0 Å². The van der Waals surface area contributed by atoms with Crippen molar-refractivity contribution < 1.29 is 35.8 Å². The van der Waals surface area contributed by atoms with Crippen LogP contribution in [0.5, 0.6) is 0 Å². The second-order valence-electron chi connectivity index (χ2n) is 0.429. The van der Waals surface area contributed by atoms with Crippen LogP contribution in [0.25, 0.3) is 0 Å². The average Bonchev–Trinajstić information content (AvgIpc) is 0.722. The smallest absolute Gasteiger partial charge is 1.00 e. The van der Waals surface area contributed by atoms with Crippen LogP contribution in [0.2, 0.25) is 0 Å². The van der Waals surface area contributed by atoms with Gasteiger partial charge in [0.2, 0.25) is 0 Å². The summed E-state index contributed by atoms with van der Waals surface area (Å²) in [6.45, 7) is 0. The summed E-state index contributed by atoms with van der Waals surface area (Å²) in [5, 5.41) is 0. The van der Waals surface area contributed by atoms with Crippen LogP contribution in [0.15, 0.2) is 0 Å². The van der Waals surface area contributed by atoms with E-state index >= 15 is 0 Å². The minimum absolute atomic E-state index is 0. The van der Waals surface area contributed by atoms with E-state index in [1.54, 1.807) is 0 Å². The first-order chi connectivity index (χ1) is 2.00. The number of halogens is 4. The molecule has 0 aromatic carbocycles. The first kappa shape index (κ1) is 11.4. The van der Waals surface area contributed by atoms with Crippen molar-refractivity contribution in [3.63, 3.8) is 0 Å².